The number of nitro groups is 1. The van der Waals surface area contributed by atoms with Crippen molar-refractivity contribution in [2.45, 2.75) is 25.8 Å². The Bertz CT molecular complexity index is 917. The summed E-state index contributed by atoms with van der Waals surface area (Å²) in [6.45, 7) is 1.44. The molecular weight excluding hydrogens is 420 g/mol. The molecule has 1 N–H and O–H groups in total. The molecule has 31 heavy (non-hydrogen) atoms. The van der Waals surface area contributed by atoms with E-state index in [2.05, 4.69) is 5.32 Å². The number of carbonyl (C=O) groups is 3. The number of hydrogen-bond acceptors (Lipinski definition) is 7. The van der Waals surface area contributed by atoms with Crippen molar-refractivity contribution < 1.29 is 24.0 Å². The normalized spacial score (nSPS) is 12.5. The number of non-ortho nitro benzene ring substituents is 1. The summed E-state index contributed by atoms with van der Waals surface area (Å²) >= 11 is 1.06. The summed E-state index contributed by atoms with van der Waals surface area (Å²) in [5.41, 5.74) is 1.52. The molecule has 2 atom stereocenters. The summed E-state index contributed by atoms with van der Waals surface area (Å²) in [5, 5.41) is 13.4. The Kier molecular flexibility index (Phi) is 9.20. The lowest BCUT2D eigenvalue weighted by Crippen LogP contribution is -2.46. The van der Waals surface area contributed by atoms with Crippen LogP contribution < -0.4 is 5.32 Å². The number of hydrogen-bond donors (Lipinski definition) is 1. The van der Waals surface area contributed by atoms with E-state index in [0.29, 0.717) is 12.0 Å². The average molecular weight is 445 g/mol. The Morgan fingerprint density at radius 1 is 1.03 bits per heavy atom. The van der Waals surface area contributed by atoms with Gasteiger partial charge in [-0.1, -0.05) is 54.2 Å². The lowest BCUT2D eigenvalue weighted by atomic mass is 9.99. The van der Waals surface area contributed by atoms with Crippen molar-refractivity contribution in [3.05, 3.63) is 75.8 Å². The lowest BCUT2D eigenvalue weighted by molar-refractivity contribution is -0.384. The van der Waals surface area contributed by atoms with Crippen molar-refractivity contribution >= 4 is 34.4 Å². The van der Waals surface area contributed by atoms with Crippen molar-refractivity contribution in [3.8, 4) is 0 Å². The van der Waals surface area contributed by atoms with Gasteiger partial charge in [0.25, 0.3) is 5.69 Å². The van der Waals surface area contributed by atoms with Gasteiger partial charge in [0.15, 0.2) is 5.12 Å². The molecule has 0 aliphatic heterocycles. The molecule has 9 heteroatoms. The number of nitrogens with one attached hydrogen (secondary N) is 1. The SMILES string of the molecule is COC(=O)[C@H](Cc1ccc([N+](=O)[O-])cc1)NC(=O)[C@@H](CSC(C)=O)Cc1ccccc1. The van der Waals surface area contributed by atoms with E-state index < -0.39 is 22.9 Å². The molecule has 0 fully saturated rings. The Morgan fingerprint density at radius 2 is 1.65 bits per heavy atom. The van der Waals surface area contributed by atoms with Crippen LogP contribution in [0.4, 0.5) is 5.69 Å². The fraction of sp³-hybridized carbons (Fsp3) is 0.318. The molecular formula is C22H24N2O6S. The molecule has 2 aromatic rings. The highest BCUT2D eigenvalue weighted by Crippen LogP contribution is 2.18. The number of ether oxygens (including phenoxy) is 1. The zero-order valence-corrected chi connectivity index (χ0v) is 18.1. The Morgan fingerprint density at radius 3 is 2.19 bits per heavy atom. The summed E-state index contributed by atoms with van der Waals surface area (Å²) in [4.78, 5) is 47.0. The van der Waals surface area contributed by atoms with Crippen molar-refractivity contribution in [1.82, 2.24) is 5.32 Å². The predicted molar refractivity (Wildman–Crippen MR) is 118 cm³/mol. The van der Waals surface area contributed by atoms with Gasteiger partial charge in [-0.05, 0) is 17.5 Å². The summed E-state index contributed by atoms with van der Waals surface area (Å²) in [5.74, 6) is -1.23. The number of methoxy groups -OCH3 is 1. The van der Waals surface area contributed by atoms with Gasteiger partial charge in [0.2, 0.25) is 5.91 Å². The van der Waals surface area contributed by atoms with Gasteiger partial charge < -0.3 is 10.1 Å². The molecule has 0 radical (unpaired) electrons. The summed E-state index contributed by atoms with van der Waals surface area (Å²) in [7, 11) is 1.23. The number of nitrogens with zero attached hydrogens (tertiary/aromatic N) is 1. The summed E-state index contributed by atoms with van der Waals surface area (Å²) in [6, 6.07) is 14.2. The number of benzene rings is 2. The lowest BCUT2D eigenvalue weighted by Gasteiger charge is -2.21. The van der Waals surface area contributed by atoms with E-state index in [1.165, 1.54) is 38.3 Å². The number of thioether (sulfide) groups is 1. The first-order chi connectivity index (χ1) is 14.8. The van der Waals surface area contributed by atoms with Crippen molar-refractivity contribution in [2.24, 2.45) is 5.92 Å². The van der Waals surface area contributed by atoms with Crippen molar-refractivity contribution in [2.75, 3.05) is 12.9 Å². The molecule has 2 rings (SSSR count). The summed E-state index contributed by atoms with van der Waals surface area (Å²) < 4.78 is 4.82. The van der Waals surface area contributed by atoms with Crippen LogP contribution in [-0.4, -0.2) is 40.8 Å². The molecule has 0 heterocycles. The fourth-order valence-electron chi connectivity index (χ4n) is 2.96. The van der Waals surface area contributed by atoms with Gasteiger partial charge in [0, 0.05) is 31.2 Å². The smallest absolute Gasteiger partial charge is 0.328 e. The molecule has 0 aliphatic rings. The van der Waals surface area contributed by atoms with Crippen molar-refractivity contribution in [3.63, 3.8) is 0 Å². The third-order valence-corrected chi connectivity index (χ3v) is 5.55. The minimum absolute atomic E-state index is 0.0633. The fourth-order valence-corrected chi connectivity index (χ4v) is 3.66. The van der Waals surface area contributed by atoms with E-state index in [1.54, 1.807) is 0 Å². The Labute approximate surface area is 184 Å². The minimum Gasteiger partial charge on any atom is -0.467 e. The highest BCUT2D eigenvalue weighted by atomic mass is 32.2. The van der Waals surface area contributed by atoms with Crippen LogP contribution in [0.25, 0.3) is 0 Å². The zero-order valence-electron chi connectivity index (χ0n) is 17.3. The highest BCUT2D eigenvalue weighted by molar-refractivity contribution is 8.13. The van der Waals surface area contributed by atoms with Crippen LogP contribution in [0.5, 0.6) is 0 Å². The molecule has 1 amide bonds. The maximum atomic E-state index is 13.0. The maximum Gasteiger partial charge on any atom is 0.328 e. The van der Waals surface area contributed by atoms with Gasteiger partial charge in [-0.25, -0.2) is 4.79 Å². The topological polar surface area (TPSA) is 116 Å². The van der Waals surface area contributed by atoms with E-state index in [1.807, 2.05) is 30.3 Å². The standard InChI is InChI=1S/C22H24N2O6S/c1-15(25)31-14-18(12-16-6-4-3-5-7-16)21(26)23-20(22(27)30-2)13-17-8-10-19(11-9-17)24(28)29/h3-11,18,20H,12-14H2,1-2H3,(H,23,26)/t18-,20+/m1/s1. The number of esters is 1. The van der Waals surface area contributed by atoms with Gasteiger partial charge in [0.05, 0.1) is 18.0 Å². The van der Waals surface area contributed by atoms with Crippen LogP contribution in [0, 0.1) is 16.0 Å². The van der Waals surface area contributed by atoms with E-state index in [4.69, 9.17) is 4.74 Å². The minimum atomic E-state index is -0.959. The highest BCUT2D eigenvalue weighted by Gasteiger charge is 2.27. The summed E-state index contributed by atoms with van der Waals surface area (Å²) in [6.07, 6.45) is 0.534. The second kappa shape index (κ2) is 11.8. The molecule has 0 saturated carbocycles. The van der Waals surface area contributed by atoms with Crippen LogP contribution in [0.1, 0.15) is 18.1 Å². The molecule has 0 saturated heterocycles. The Hall–Kier alpha value is -3.20. The molecule has 8 nitrogen and oxygen atoms in total. The molecule has 0 bridgehead atoms. The first kappa shape index (κ1) is 24.1. The van der Waals surface area contributed by atoms with Crippen LogP contribution in [0.3, 0.4) is 0 Å². The Balaban J connectivity index is 2.15. The zero-order chi connectivity index (χ0) is 22.8. The molecule has 0 unspecified atom stereocenters. The van der Waals surface area contributed by atoms with Crippen LogP contribution in [0.15, 0.2) is 54.6 Å². The third-order valence-electron chi connectivity index (χ3n) is 4.57. The monoisotopic (exact) mass is 444 g/mol. The van der Waals surface area contributed by atoms with E-state index >= 15 is 0 Å². The van der Waals surface area contributed by atoms with Crippen molar-refractivity contribution in [1.29, 1.82) is 0 Å². The number of amides is 1. The van der Waals surface area contributed by atoms with Crippen LogP contribution in [-0.2, 0) is 32.0 Å². The van der Waals surface area contributed by atoms with Gasteiger partial charge in [-0.3, -0.25) is 19.7 Å². The molecule has 2 aromatic carbocycles. The number of rotatable bonds is 10. The molecule has 0 aliphatic carbocycles. The van der Waals surface area contributed by atoms with E-state index in [9.17, 15) is 24.5 Å². The van der Waals surface area contributed by atoms with Gasteiger partial charge >= 0.3 is 5.97 Å². The van der Waals surface area contributed by atoms with Gasteiger partial charge in [-0.2, -0.15) is 0 Å². The molecule has 164 valence electrons. The molecule has 0 spiro atoms. The number of nitro benzene ring substituents is 1. The van der Waals surface area contributed by atoms with Crippen LogP contribution in [0.2, 0.25) is 0 Å². The van der Waals surface area contributed by atoms with E-state index in [0.717, 1.165) is 17.3 Å². The molecule has 0 aromatic heterocycles. The predicted octanol–water partition coefficient (Wildman–Crippen LogP) is 2.93. The number of carbonyl (C=O) groups excluding carboxylic acids is 3. The second-order valence-corrected chi connectivity index (χ2v) is 8.10. The third kappa shape index (κ3) is 7.86. The maximum absolute atomic E-state index is 13.0. The second-order valence-electron chi connectivity index (χ2n) is 6.90. The quantitative estimate of drug-likeness (QED) is 0.340. The largest absolute Gasteiger partial charge is 0.467 e. The average Bonchev–Trinajstić information content (AvgIpc) is 2.76. The van der Waals surface area contributed by atoms with Crippen LogP contribution >= 0.6 is 11.8 Å². The first-order valence-electron chi connectivity index (χ1n) is 9.59. The van der Waals surface area contributed by atoms with Gasteiger partial charge in [0.1, 0.15) is 6.04 Å². The van der Waals surface area contributed by atoms with Gasteiger partial charge in [-0.15, -0.1) is 0 Å². The van der Waals surface area contributed by atoms with E-state index in [-0.39, 0.29) is 28.9 Å². The first-order valence-corrected chi connectivity index (χ1v) is 10.6.